The van der Waals surface area contributed by atoms with Crippen molar-refractivity contribution < 1.29 is 4.79 Å². The SMILES string of the molecule is CCCCCCCCCCCCCCCCNCC(CC)C(N)=O. The molecule has 0 saturated carbocycles. The molecule has 3 heteroatoms. The summed E-state index contributed by atoms with van der Waals surface area (Å²) in [6.45, 7) is 6.05. The quantitative estimate of drug-likeness (QED) is 0.302. The minimum atomic E-state index is -0.175. The van der Waals surface area contributed by atoms with Crippen molar-refractivity contribution in [2.24, 2.45) is 11.7 Å². The number of amides is 1. The number of hydrogen-bond donors (Lipinski definition) is 2. The molecule has 3 nitrogen and oxygen atoms in total. The molecule has 144 valence electrons. The fourth-order valence-electron chi connectivity index (χ4n) is 3.17. The number of rotatable bonds is 19. The molecule has 0 spiro atoms. The molecule has 1 unspecified atom stereocenters. The molecule has 3 N–H and O–H groups in total. The number of hydrogen-bond acceptors (Lipinski definition) is 2. The summed E-state index contributed by atoms with van der Waals surface area (Å²) in [5, 5.41) is 3.36. The summed E-state index contributed by atoms with van der Waals surface area (Å²) in [4.78, 5) is 11.1. The maximum absolute atomic E-state index is 11.1. The van der Waals surface area contributed by atoms with Crippen molar-refractivity contribution in [1.82, 2.24) is 5.32 Å². The zero-order chi connectivity index (χ0) is 17.9. The largest absolute Gasteiger partial charge is 0.369 e. The van der Waals surface area contributed by atoms with Crippen molar-refractivity contribution in [2.45, 2.75) is 110 Å². The zero-order valence-electron chi connectivity index (χ0n) is 16.6. The van der Waals surface area contributed by atoms with Gasteiger partial charge < -0.3 is 11.1 Å². The summed E-state index contributed by atoms with van der Waals surface area (Å²) >= 11 is 0. The van der Waals surface area contributed by atoms with Gasteiger partial charge in [0.05, 0.1) is 0 Å². The lowest BCUT2D eigenvalue weighted by Crippen LogP contribution is -2.33. The molecule has 0 aliphatic carbocycles. The van der Waals surface area contributed by atoms with Gasteiger partial charge in [-0.3, -0.25) is 4.79 Å². The van der Waals surface area contributed by atoms with Crippen LogP contribution in [0.2, 0.25) is 0 Å². The third-order valence-electron chi connectivity index (χ3n) is 4.99. The summed E-state index contributed by atoms with van der Waals surface area (Å²) in [6.07, 6.45) is 20.3. The maximum Gasteiger partial charge on any atom is 0.221 e. The third kappa shape index (κ3) is 16.3. The van der Waals surface area contributed by atoms with E-state index in [0.29, 0.717) is 0 Å². The average molecular weight is 341 g/mol. The van der Waals surface area contributed by atoms with Gasteiger partial charge in [-0.15, -0.1) is 0 Å². The van der Waals surface area contributed by atoms with E-state index in [2.05, 4.69) is 12.2 Å². The van der Waals surface area contributed by atoms with Crippen LogP contribution in [0.3, 0.4) is 0 Å². The minimum absolute atomic E-state index is 0.00311. The Labute approximate surface area is 151 Å². The van der Waals surface area contributed by atoms with Crippen LogP contribution in [0.15, 0.2) is 0 Å². The Morgan fingerprint density at radius 2 is 1.17 bits per heavy atom. The summed E-state index contributed by atoms with van der Waals surface area (Å²) < 4.78 is 0. The molecule has 0 radical (unpaired) electrons. The highest BCUT2D eigenvalue weighted by molar-refractivity contribution is 5.76. The van der Waals surface area contributed by atoms with E-state index in [1.807, 2.05) is 6.92 Å². The highest BCUT2D eigenvalue weighted by Crippen LogP contribution is 2.12. The number of nitrogens with one attached hydrogen (secondary N) is 1. The first-order chi connectivity index (χ1) is 11.7. The molecule has 0 aromatic rings. The van der Waals surface area contributed by atoms with E-state index < -0.39 is 0 Å². The summed E-state index contributed by atoms with van der Waals surface area (Å²) in [7, 11) is 0. The number of nitrogens with two attached hydrogens (primary N) is 1. The molecule has 0 aliphatic heterocycles. The molecule has 0 fully saturated rings. The van der Waals surface area contributed by atoms with E-state index in [4.69, 9.17) is 5.73 Å². The predicted molar refractivity (Wildman–Crippen MR) is 106 cm³/mol. The van der Waals surface area contributed by atoms with Crippen molar-refractivity contribution >= 4 is 5.91 Å². The van der Waals surface area contributed by atoms with Crippen molar-refractivity contribution in [3.05, 3.63) is 0 Å². The van der Waals surface area contributed by atoms with E-state index >= 15 is 0 Å². The number of unbranched alkanes of at least 4 members (excludes halogenated alkanes) is 13. The number of carbonyl (C=O) groups is 1. The van der Waals surface area contributed by atoms with E-state index in [9.17, 15) is 4.79 Å². The maximum atomic E-state index is 11.1. The molecule has 0 heterocycles. The van der Waals surface area contributed by atoms with Gasteiger partial charge in [-0.1, -0.05) is 97.3 Å². The van der Waals surface area contributed by atoms with Crippen LogP contribution < -0.4 is 11.1 Å². The van der Waals surface area contributed by atoms with E-state index in [0.717, 1.165) is 19.5 Å². The lowest BCUT2D eigenvalue weighted by Gasteiger charge is -2.11. The van der Waals surface area contributed by atoms with Gasteiger partial charge in [-0.05, 0) is 19.4 Å². The van der Waals surface area contributed by atoms with Gasteiger partial charge in [0.2, 0.25) is 5.91 Å². The predicted octanol–water partition coefficient (Wildman–Crippen LogP) is 5.57. The fraction of sp³-hybridized carbons (Fsp3) is 0.952. The molecular weight excluding hydrogens is 296 g/mol. The summed E-state index contributed by atoms with van der Waals surface area (Å²) in [6, 6.07) is 0. The molecule has 1 amide bonds. The normalized spacial score (nSPS) is 12.4. The monoisotopic (exact) mass is 340 g/mol. The standard InChI is InChI=1S/C21H44N2O/c1-3-5-6-7-8-9-10-11-12-13-14-15-16-17-18-23-19-20(4-2)21(22)24/h20,23H,3-19H2,1-2H3,(H2,22,24). The molecule has 0 rings (SSSR count). The Morgan fingerprint density at radius 3 is 1.54 bits per heavy atom. The van der Waals surface area contributed by atoms with Gasteiger partial charge in [-0.2, -0.15) is 0 Å². The van der Waals surface area contributed by atoms with Crippen LogP contribution in [-0.2, 0) is 4.79 Å². The van der Waals surface area contributed by atoms with E-state index in [1.165, 1.54) is 89.9 Å². The Morgan fingerprint density at radius 1 is 0.750 bits per heavy atom. The van der Waals surface area contributed by atoms with Crippen LogP contribution in [-0.4, -0.2) is 19.0 Å². The van der Waals surface area contributed by atoms with Gasteiger partial charge in [-0.25, -0.2) is 0 Å². The van der Waals surface area contributed by atoms with Crippen molar-refractivity contribution in [3.63, 3.8) is 0 Å². The molecule has 0 bridgehead atoms. The highest BCUT2D eigenvalue weighted by atomic mass is 16.1. The van der Waals surface area contributed by atoms with Crippen LogP contribution in [0.25, 0.3) is 0 Å². The number of primary amides is 1. The van der Waals surface area contributed by atoms with Gasteiger partial charge >= 0.3 is 0 Å². The van der Waals surface area contributed by atoms with Gasteiger partial charge in [0.15, 0.2) is 0 Å². The third-order valence-corrected chi connectivity index (χ3v) is 4.99. The molecular formula is C21H44N2O. The van der Waals surface area contributed by atoms with Crippen LogP contribution >= 0.6 is 0 Å². The second-order valence-electron chi connectivity index (χ2n) is 7.31. The smallest absolute Gasteiger partial charge is 0.221 e. The van der Waals surface area contributed by atoms with Crippen molar-refractivity contribution in [2.75, 3.05) is 13.1 Å². The van der Waals surface area contributed by atoms with Crippen molar-refractivity contribution in [3.8, 4) is 0 Å². The molecule has 0 aromatic heterocycles. The van der Waals surface area contributed by atoms with Gasteiger partial charge in [0.25, 0.3) is 0 Å². The minimum Gasteiger partial charge on any atom is -0.369 e. The first kappa shape index (κ1) is 23.4. The first-order valence-electron chi connectivity index (χ1n) is 10.7. The van der Waals surface area contributed by atoms with E-state index in [-0.39, 0.29) is 11.8 Å². The lowest BCUT2D eigenvalue weighted by atomic mass is 10.0. The number of carbonyl (C=O) groups excluding carboxylic acids is 1. The lowest BCUT2D eigenvalue weighted by molar-refractivity contribution is -0.121. The Kier molecular flexibility index (Phi) is 18.3. The molecule has 24 heavy (non-hydrogen) atoms. The molecule has 0 aliphatic rings. The second kappa shape index (κ2) is 18.8. The van der Waals surface area contributed by atoms with Gasteiger partial charge in [0, 0.05) is 12.5 Å². The van der Waals surface area contributed by atoms with Crippen LogP contribution in [0, 0.1) is 5.92 Å². The highest BCUT2D eigenvalue weighted by Gasteiger charge is 2.11. The summed E-state index contributed by atoms with van der Waals surface area (Å²) in [5.41, 5.74) is 5.33. The van der Waals surface area contributed by atoms with Crippen LogP contribution in [0.1, 0.15) is 110 Å². The first-order valence-corrected chi connectivity index (χ1v) is 10.7. The Hall–Kier alpha value is -0.570. The fourth-order valence-corrected chi connectivity index (χ4v) is 3.17. The van der Waals surface area contributed by atoms with Gasteiger partial charge in [0.1, 0.15) is 0 Å². The molecule has 0 saturated heterocycles. The summed E-state index contributed by atoms with van der Waals surface area (Å²) in [5.74, 6) is -0.178. The van der Waals surface area contributed by atoms with E-state index in [1.54, 1.807) is 0 Å². The topological polar surface area (TPSA) is 55.1 Å². The molecule has 0 aromatic carbocycles. The van der Waals surface area contributed by atoms with Crippen molar-refractivity contribution in [1.29, 1.82) is 0 Å². The van der Waals surface area contributed by atoms with Crippen LogP contribution in [0.4, 0.5) is 0 Å². The Balaban J connectivity index is 3.11. The second-order valence-corrected chi connectivity index (χ2v) is 7.31. The zero-order valence-corrected chi connectivity index (χ0v) is 16.6. The molecule has 1 atom stereocenters. The van der Waals surface area contributed by atoms with Crippen LogP contribution in [0.5, 0.6) is 0 Å². The Bertz CT molecular complexity index is 269. The average Bonchev–Trinajstić information content (AvgIpc) is 2.57.